The normalized spacial score (nSPS) is 26.7. The highest BCUT2D eigenvalue weighted by Crippen LogP contribution is 2.42. The maximum atomic E-state index is 14.3. The molecular formula is C14H22FN6O6P. The number of halogens is 1. The van der Waals surface area contributed by atoms with Crippen LogP contribution in [0.3, 0.4) is 0 Å². The Balaban J connectivity index is 2.00. The zero-order chi connectivity index (χ0) is 20.8. The number of phosphoric acid groups is 1. The third kappa shape index (κ3) is 3.95. The van der Waals surface area contributed by atoms with E-state index in [2.05, 4.69) is 19.5 Å². The van der Waals surface area contributed by atoms with Gasteiger partial charge in [0.25, 0.3) is 0 Å². The topological polar surface area (TPSA) is 169 Å². The van der Waals surface area contributed by atoms with E-state index in [0.717, 1.165) is 0 Å². The summed E-state index contributed by atoms with van der Waals surface area (Å²) in [6.07, 6.45) is -3.72. The molecule has 3 rings (SSSR count). The van der Waals surface area contributed by atoms with Crippen molar-refractivity contribution in [1.29, 1.82) is 0 Å². The number of nitrogens with zero attached hydrogens (tertiary/aromatic N) is 5. The third-order valence-corrected chi connectivity index (χ3v) is 4.96. The first kappa shape index (κ1) is 20.8. The van der Waals surface area contributed by atoms with Crippen molar-refractivity contribution >= 4 is 30.8 Å². The van der Waals surface area contributed by atoms with Gasteiger partial charge in [-0.05, 0) is 6.92 Å². The average molecular weight is 420 g/mol. The molecule has 2 aromatic rings. The van der Waals surface area contributed by atoms with Crippen molar-refractivity contribution < 1.29 is 33.1 Å². The number of ether oxygens (including phenoxy) is 1. The SMILES string of the molecule is CC(F)C1[C@H](n2cnc3c(N(C)C)nc(N)nc32)O[C@H](COP(=O)(O)O)[C@H]1O. The van der Waals surface area contributed by atoms with E-state index in [0.29, 0.717) is 11.3 Å². The van der Waals surface area contributed by atoms with Crippen LogP contribution in [0.5, 0.6) is 0 Å². The molecule has 0 saturated carbocycles. The van der Waals surface area contributed by atoms with Crippen LogP contribution in [0.15, 0.2) is 6.33 Å². The molecule has 0 spiro atoms. The Morgan fingerprint density at radius 2 is 2.14 bits per heavy atom. The predicted octanol–water partition coefficient (Wildman–Crippen LogP) is -0.184. The van der Waals surface area contributed by atoms with Gasteiger partial charge in [-0.2, -0.15) is 9.97 Å². The van der Waals surface area contributed by atoms with Gasteiger partial charge in [0.05, 0.1) is 25.0 Å². The molecule has 0 amide bonds. The molecule has 0 aliphatic carbocycles. The lowest BCUT2D eigenvalue weighted by molar-refractivity contribution is -0.0461. The number of anilines is 2. The van der Waals surface area contributed by atoms with Crippen molar-refractivity contribution in [3.05, 3.63) is 6.33 Å². The van der Waals surface area contributed by atoms with Gasteiger partial charge in [-0.25, -0.2) is 13.9 Å². The van der Waals surface area contributed by atoms with Gasteiger partial charge >= 0.3 is 7.82 Å². The van der Waals surface area contributed by atoms with Crippen LogP contribution in [0.25, 0.3) is 11.2 Å². The van der Waals surface area contributed by atoms with E-state index >= 15 is 0 Å². The number of hydrogen-bond acceptors (Lipinski definition) is 9. The molecule has 5 atom stereocenters. The molecule has 1 aliphatic heterocycles. The van der Waals surface area contributed by atoms with E-state index in [1.54, 1.807) is 19.0 Å². The number of fused-ring (bicyclic) bond motifs is 1. The van der Waals surface area contributed by atoms with Gasteiger partial charge in [-0.1, -0.05) is 0 Å². The number of alkyl halides is 1. The van der Waals surface area contributed by atoms with Crippen molar-refractivity contribution in [2.45, 2.75) is 31.5 Å². The fourth-order valence-corrected chi connectivity index (χ4v) is 3.58. The zero-order valence-electron chi connectivity index (χ0n) is 15.4. The Morgan fingerprint density at radius 3 is 2.71 bits per heavy atom. The maximum Gasteiger partial charge on any atom is 0.469 e. The summed E-state index contributed by atoms with van der Waals surface area (Å²) in [5, 5.41) is 10.5. The second-order valence-electron chi connectivity index (χ2n) is 6.72. The first-order valence-corrected chi connectivity index (χ1v) is 9.87. The maximum absolute atomic E-state index is 14.3. The van der Waals surface area contributed by atoms with Gasteiger partial charge in [0, 0.05) is 14.1 Å². The molecule has 0 aromatic carbocycles. The van der Waals surface area contributed by atoms with Gasteiger partial charge in [0.2, 0.25) is 5.95 Å². The fraction of sp³-hybridized carbons (Fsp3) is 0.643. The first-order chi connectivity index (χ1) is 13.0. The molecule has 14 heteroatoms. The standard InChI is InChI=1S/C14H22FN6O6P/c1-6(15)8-10(22)7(4-26-28(23,24)25)27-13(8)21-5-17-9-11(20(2)3)18-14(16)19-12(9)21/h5-8,10,13,22H,4H2,1-3H3,(H2,16,18,19)(H2,23,24,25)/t6?,7-,8?,10-,13-/m1/s1. The average Bonchev–Trinajstić information content (AvgIpc) is 3.12. The Morgan fingerprint density at radius 1 is 1.46 bits per heavy atom. The molecule has 0 bridgehead atoms. The van der Waals surface area contributed by atoms with Crippen molar-refractivity contribution in [3.8, 4) is 0 Å². The summed E-state index contributed by atoms with van der Waals surface area (Å²) in [5.74, 6) is -0.629. The van der Waals surface area contributed by atoms with Crippen molar-refractivity contribution in [1.82, 2.24) is 19.5 Å². The van der Waals surface area contributed by atoms with Gasteiger partial charge in [-0.3, -0.25) is 9.09 Å². The number of aliphatic hydroxyl groups excluding tert-OH is 1. The molecule has 1 saturated heterocycles. The molecule has 28 heavy (non-hydrogen) atoms. The van der Waals surface area contributed by atoms with Crippen LogP contribution in [-0.2, 0) is 13.8 Å². The molecule has 5 N–H and O–H groups in total. The molecule has 2 unspecified atom stereocenters. The van der Waals surface area contributed by atoms with Gasteiger partial charge in [-0.15, -0.1) is 0 Å². The molecule has 3 heterocycles. The van der Waals surface area contributed by atoms with E-state index in [4.69, 9.17) is 20.3 Å². The van der Waals surface area contributed by atoms with Gasteiger partial charge in [0.1, 0.15) is 18.5 Å². The summed E-state index contributed by atoms with van der Waals surface area (Å²) in [6, 6.07) is 0. The first-order valence-electron chi connectivity index (χ1n) is 8.34. The fourth-order valence-electron chi connectivity index (χ4n) is 3.24. The van der Waals surface area contributed by atoms with Gasteiger partial charge < -0.3 is 30.3 Å². The Hall–Kier alpha value is -1.89. The molecule has 156 valence electrons. The number of imidazole rings is 1. The Kier molecular flexibility index (Phi) is 5.58. The third-order valence-electron chi connectivity index (χ3n) is 4.47. The van der Waals surface area contributed by atoms with Crippen LogP contribution in [-0.4, -0.2) is 73.5 Å². The summed E-state index contributed by atoms with van der Waals surface area (Å²) >= 11 is 0. The quantitative estimate of drug-likeness (QED) is 0.457. The monoisotopic (exact) mass is 420 g/mol. The predicted molar refractivity (Wildman–Crippen MR) is 96.0 cm³/mol. The molecule has 1 aliphatic rings. The lowest BCUT2D eigenvalue weighted by Gasteiger charge is -2.22. The number of aromatic nitrogens is 4. The van der Waals surface area contributed by atoms with Gasteiger partial charge in [0.15, 0.2) is 17.0 Å². The minimum Gasteiger partial charge on any atom is -0.390 e. The van der Waals surface area contributed by atoms with Crippen molar-refractivity contribution in [3.63, 3.8) is 0 Å². The van der Waals surface area contributed by atoms with Crippen LogP contribution in [0, 0.1) is 5.92 Å². The second kappa shape index (κ2) is 7.50. The molecular weight excluding hydrogens is 398 g/mol. The molecule has 1 fully saturated rings. The van der Waals surface area contributed by atoms with E-state index in [9.17, 15) is 14.1 Å². The van der Waals surface area contributed by atoms with Crippen LogP contribution in [0.4, 0.5) is 16.2 Å². The van der Waals surface area contributed by atoms with Crippen LogP contribution in [0.1, 0.15) is 13.2 Å². The van der Waals surface area contributed by atoms with Crippen LogP contribution < -0.4 is 10.6 Å². The summed E-state index contributed by atoms with van der Waals surface area (Å²) in [6.45, 7) is 0.641. The number of rotatable bonds is 6. The van der Waals surface area contributed by atoms with E-state index in [-0.39, 0.29) is 11.6 Å². The number of hydrogen-bond donors (Lipinski definition) is 4. The largest absolute Gasteiger partial charge is 0.469 e. The molecule has 12 nitrogen and oxygen atoms in total. The number of phosphoric ester groups is 1. The van der Waals surface area contributed by atoms with Crippen LogP contribution >= 0.6 is 7.82 Å². The zero-order valence-corrected chi connectivity index (χ0v) is 16.3. The second-order valence-corrected chi connectivity index (χ2v) is 7.96. The van der Waals surface area contributed by atoms with Crippen molar-refractivity contribution in [2.24, 2.45) is 5.92 Å². The lowest BCUT2D eigenvalue weighted by Crippen LogP contribution is -2.34. The highest BCUT2D eigenvalue weighted by Gasteiger charge is 2.48. The number of nitrogens with two attached hydrogens (primary N) is 1. The van der Waals surface area contributed by atoms with Crippen molar-refractivity contribution in [2.75, 3.05) is 31.3 Å². The smallest absolute Gasteiger partial charge is 0.390 e. The summed E-state index contributed by atoms with van der Waals surface area (Å²) in [4.78, 5) is 32.0. The lowest BCUT2D eigenvalue weighted by atomic mass is 9.95. The van der Waals surface area contributed by atoms with Crippen LogP contribution in [0.2, 0.25) is 0 Å². The summed E-state index contributed by atoms with van der Waals surface area (Å²) < 4.78 is 36.8. The molecule has 2 aromatic heterocycles. The minimum atomic E-state index is -4.78. The highest BCUT2D eigenvalue weighted by molar-refractivity contribution is 7.46. The number of nitrogen functional groups attached to an aromatic ring is 1. The Labute approximate surface area is 159 Å². The Bertz CT molecular complexity index is 904. The highest BCUT2D eigenvalue weighted by atomic mass is 31.2. The summed E-state index contributed by atoms with van der Waals surface area (Å²) in [5.41, 5.74) is 6.45. The van der Waals surface area contributed by atoms with E-state index < -0.39 is 45.0 Å². The molecule has 0 radical (unpaired) electrons. The van der Waals surface area contributed by atoms with E-state index in [1.165, 1.54) is 17.8 Å². The summed E-state index contributed by atoms with van der Waals surface area (Å²) in [7, 11) is -1.28. The van der Waals surface area contributed by atoms with E-state index in [1.807, 2.05) is 0 Å². The number of aliphatic hydroxyl groups is 1. The minimum absolute atomic E-state index is 0.0253.